The topological polar surface area (TPSA) is 120 Å². The molecule has 0 N–H and O–H groups in total. The van der Waals surface area contributed by atoms with Gasteiger partial charge in [0.05, 0.1) is 17.9 Å². The predicted octanol–water partition coefficient (Wildman–Crippen LogP) is 5.52. The SMILES string of the molecule is O=C([O-])c1cccc2c(Br)cccc12.O=C([O-])c1cccc2c(Br)cccc12.O=C([O-])c1cccc2c(Br)cccc12.[Al+3]. The first-order valence-corrected chi connectivity index (χ1v) is 14.6. The second kappa shape index (κ2) is 15.3. The summed E-state index contributed by atoms with van der Waals surface area (Å²) in [6.07, 6.45) is 0. The van der Waals surface area contributed by atoms with E-state index in [1.165, 1.54) is 0 Å². The van der Waals surface area contributed by atoms with E-state index in [2.05, 4.69) is 47.8 Å². The zero-order valence-corrected chi connectivity index (χ0v) is 28.0. The minimum Gasteiger partial charge on any atom is -0.545 e. The van der Waals surface area contributed by atoms with E-state index < -0.39 is 17.9 Å². The van der Waals surface area contributed by atoms with Crippen LogP contribution in [-0.4, -0.2) is 35.3 Å². The average Bonchev–Trinajstić information content (AvgIpc) is 2.97. The number of benzene rings is 6. The van der Waals surface area contributed by atoms with Crippen LogP contribution in [-0.2, 0) is 0 Å². The smallest absolute Gasteiger partial charge is 0.545 e. The van der Waals surface area contributed by atoms with E-state index in [9.17, 15) is 29.7 Å². The van der Waals surface area contributed by atoms with E-state index in [4.69, 9.17) is 0 Å². The Labute approximate surface area is 282 Å². The molecule has 0 saturated heterocycles. The van der Waals surface area contributed by atoms with Gasteiger partial charge in [0.25, 0.3) is 0 Å². The molecule has 0 aromatic heterocycles. The molecule has 0 aliphatic heterocycles. The van der Waals surface area contributed by atoms with Gasteiger partial charge < -0.3 is 29.7 Å². The third-order valence-corrected chi connectivity index (χ3v) is 8.34. The molecule has 6 aromatic rings. The molecule has 6 nitrogen and oxygen atoms in total. The van der Waals surface area contributed by atoms with Gasteiger partial charge >= 0.3 is 17.4 Å². The zero-order valence-electron chi connectivity index (χ0n) is 22.1. The van der Waals surface area contributed by atoms with E-state index in [-0.39, 0.29) is 34.1 Å². The van der Waals surface area contributed by atoms with Gasteiger partial charge in [-0.1, -0.05) is 139 Å². The van der Waals surface area contributed by atoms with Crippen LogP contribution < -0.4 is 15.3 Å². The van der Waals surface area contributed by atoms with Gasteiger partial charge in [0, 0.05) is 30.1 Å². The van der Waals surface area contributed by atoms with Crippen molar-refractivity contribution in [1.29, 1.82) is 0 Å². The molecule has 43 heavy (non-hydrogen) atoms. The Kier molecular flexibility index (Phi) is 12.1. The molecule has 0 heterocycles. The van der Waals surface area contributed by atoms with E-state index >= 15 is 0 Å². The number of rotatable bonds is 3. The monoisotopic (exact) mass is 774 g/mol. The van der Waals surface area contributed by atoms with Crippen molar-refractivity contribution in [3.8, 4) is 0 Å². The molecular formula is C33H18AlBr3O6. The Bertz CT molecular complexity index is 1750. The van der Waals surface area contributed by atoms with Crippen molar-refractivity contribution in [1.82, 2.24) is 0 Å². The molecule has 0 fully saturated rings. The van der Waals surface area contributed by atoms with Crippen molar-refractivity contribution in [2.24, 2.45) is 0 Å². The van der Waals surface area contributed by atoms with Crippen LogP contribution in [0.15, 0.2) is 123 Å². The van der Waals surface area contributed by atoms with Gasteiger partial charge in [-0.05, 0) is 50.5 Å². The van der Waals surface area contributed by atoms with Crippen molar-refractivity contribution in [2.75, 3.05) is 0 Å². The number of carboxylic acid groups (broad SMARTS) is 3. The summed E-state index contributed by atoms with van der Waals surface area (Å²) in [6.45, 7) is 0. The van der Waals surface area contributed by atoms with Crippen LogP contribution in [0.4, 0.5) is 0 Å². The molecule has 6 rings (SSSR count). The number of hydrogen-bond acceptors (Lipinski definition) is 6. The average molecular weight is 777 g/mol. The van der Waals surface area contributed by atoms with E-state index in [0.717, 1.165) is 29.6 Å². The molecule has 6 aromatic carbocycles. The van der Waals surface area contributed by atoms with Crippen molar-refractivity contribution >= 4 is 115 Å². The molecule has 0 atom stereocenters. The quantitative estimate of drug-likeness (QED) is 0.219. The maximum Gasteiger partial charge on any atom is 3.00 e. The number of fused-ring (bicyclic) bond motifs is 3. The van der Waals surface area contributed by atoms with Crippen LogP contribution in [0.25, 0.3) is 32.3 Å². The summed E-state index contributed by atoms with van der Waals surface area (Å²) in [5.74, 6) is -3.43. The van der Waals surface area contributed by atoms with Crippen LogP contribution in [0.5, 0.6) is 0 Å². The fourth-order valence-corrected chi connectivity index (χ4v) is 5.84. The number of hydrogen-bond donors (Lipinski definition) is 0. The van der Waals surface area contributed by atoms with Gasteiger partial charge in [-0.15, -0.1) is 0 Å². The third-order valence-electron chi connectivity index (χ3n) is 6.27. The van der Waals surface area contributed by atoms with Crippen molar-refractivity contribution < 1.29 is 29.7 Å². The Balaban J connectivity index is 0.000000175. The number of aromatic carboxylic acids is 3. The maximum atomic E-state index is 10.8. The fraction of sp³-hybridized carbons (Fsp3) is 0. The number of carboxylic acids is 3. The predicted molar refractivity (Wildman–Crippen MR) is 174 cm³/mol. The summed E-state index contributed by atoms with van der Waals surface area (Å²) in [7, 11) is 0. The van der Waals surface area contributed by atoms with E-state index in [1.54, 1.807) is 72.8 Å². The van der Waals surface area contributed by atoms with Crippen molar-refractivity contribution in [2.45, 2.75) is 0 Å². The molecule has 0 radical (unpaired) electrons. The van der Waals surface area contributed by atoms with Gasteiger partial charge in [0.1, 0.15) is 0 Å². The first kappa shape index (κ1) is 34.0. The summed E-state index contributed by atoms with van der Waals surface area (Å²) in [4.78, 5) is 32.4. The second-order valence-corrected chi connectivity index (χ2v) is 11.3. The Morgan fingerprint density at radius 1 is 0.372 bits per heavy atom. The number of carbonyl (C=O) groups excluding carboxylic acids is 3. The molecule has 0 bridgehead atoms. The van der Waals surface area contributed by atoms with Crippen LogP contribution in [0.2, 0.25) is 0 Å². The number of halogens is 3. The minimum atomic E-state index is -1.14. The third kappa shape index (κ3) is 7.91. The Morgan fingerprint density at radius 2 is 0.581 bits per heavy atom. The van der Waals surface area contributed by atoms with Crippen LogP contribution in [0, 0.1) is 0 Å². The van der Waals surface area contributed by atoms with Gasteiger partial charge in [0.2, 0.25) is 0 Å². The molecule has 0 saturated carbocycles. The maximum absolute atomic E-state index is 10.8. The summed E-state index contributed by atoms with van der Waals surface area (Å²) in [5.41, 5.74) is 0.677. The summed E-state index contributed by atoms with van der Waals surface area (Å²) < 4.78 is 2.66. The van der Waals surface area contributed by atoms with Crippen LogP contribution >= 0.6 is 47.8 Å². The number of carbonyl (C=O) groups is 3. The van der Waals surface area contributed by atoms with Crippen molar-refractivity contribution in [3.05, 3.63) is 139 Å². The molecule has 0 aliphatic carbocycles. The summed E-state index contributed by atoms with van der Waals surface area (Å²) in [6, 6.07) is 31.7. The molecule has 0 spiro atoms. The Morgan fingerprint density at radius 3 is 0.814 bits per heavy atom. The first-order valence-electron chi connectivity index (χ1n) is 12.3. The van der Waals surface area contributed by atoms with Crippen LogP contribution in [0.1, 0.15) is 31.1 Å². The molecule has 0 unspecified atom stereocenters. The summed E-state index contributed by atoms with van der Waals surface area (Å²) >= 11 is 10.1. The Hall–Kier alpha value is -3.52. The standard InChI is InChI=1S/3C11H7BrO2.Al/c3*12-10-6-2-3-7-8(10)4-1-5-9(7)11(13)14;/h3*1-6H,(H,13,14);/q;;;+3/p-3. The van der Waals surface area contributed by atoms with E-state index in [0.29, 0.717) is 16.2 Å². The molecule has 10 heteroatoms. The van der Waals surface area contributed by atoms with Crippen LogP contribution in [0.3, 0.4) is 0 Å². The molecule has 0 aliphatic rings. The zero-order chi connectivity index (χ0) is 30.4. The normalized spacial score (nSPS) is 10.1. The second-order valence-electron chi connectivity index (χ2n) is 8.78. The molecule has 210 valence electrons. The molecule has 0 amide bonds. The largest absolute Gasteiger partial charge is 3.00 e. The van der Waals surface area contributed by atoms with E-state index in [1.807, 2.05) is 36.4 Å². The fourth-order valence-electron chi connectivity index (χ4n) is 4.35. The van der Waals surface area contributed by atoms with Gasteiger partial charge in [-0.2, -0.15) is 0 Å². The summed E-state index contributed by atoms with van der Waals surface area (Å²) in [5, 5.41) is 37.1. The minimum absolute atomic E-state index is 0. The van der Waals surface area contributed by atoms with Crippen molar-refractivity contribution in [3.63, 3.8) is 0 Å². The molecular weight excluding hydrogens is 759 g/mol. The first-order chi connectivity index (χ1) is 20.1. The van der Waals surface area contributed by atoms with Gasteiger partial charge in [-0.3, -0.25) is 0 Å². The van der Waals surface area contributed by atoms with Gasteiger partial charge in [-0.25, -0.2) is 0 Å². The van der Waals surface area contributed by atoms with Gasteiger partial charge in [0.15, 0.2) is 0 Å².